The number of anilines is 2. The predicted octanol–water partition coefficient (Wildman–Crippen LogP) is 0.991. The molecule has 19 heavy (non-hydrogen) atoms. The lowest BCUT2D eigenvalue weighted by atomic mass is 10.3. The molecule has 1 heterocycles. The number of rotatable bonds is 3. The molecule has 0 saturated carbocycles. The smallest absolute Gasteiger partial charge is 0.265 e. The van der Waals surface area contributed by atoms with Crippen molar-refractivity contribution in [3.05, 3.63) is 29.3 Å². The molecule has 0 saturated heterocycles. The summed E-state index contributed by atoms with van der Waals surface area (Å²) in [6.07, 6.45) is 1.18. The Morgan fingerprint density at radius 2 is 2.16 bits per heavy atom. The summed E-state index contributed by atoms with van der Waals surface area (Å²) in [6.45, 7) is 0. The number of nitrogens with zero attached hydrogens (tertiary/aromatic N) is 3. The van der Waals surface area contributed by atoms with Crippen LogP contribution in [0.5, 0.6) is 0 Å². The van der Waals surface area contributed by atoms with E-state index in [-0.39, 0.29) is 21.6 Å². The Balaban J connectivity index is 2.46. The Morgan fingerprint density at radius 1 is 1.47 bits per heavy atom. The minimum absolute atomic E-state index is 0.000960. The second-order valence-electron chi connectivity index (χ2n) is 3.62. The van der Waals surface area contributed by atoms with Gasteiger partial charge in [0, 0.05) is 7.05 Å². The van der Waals surface area contributed by atoms with Crippen molar-refractivity contribution in [2.24, 2.45) is 7.05 Å². The topological polar surface area (TPSA) is 103 Å². The van der Waals surface area contributed by atoms with Crippen molar-refractivity contribution in [3.8, 4) is 0 Å². The van der Waals surface area contributed by atoms with Crippen molar-refractivity contribution in [1.29, 1.82) is 0 Å². The fourth-order valence-electron chi connectivity index (χ4n) is 1.31. The van der Waals surface area contributed by atoms with Crippen LogP contribution in [0.4, 0.5) is 16.0 Å². The number of nitrogens with two attached hydrogens (primary N) is 1. The third kappa shape index (κ3) is 2.61. The monoisotopic (exact) mass is 305 g/mol. The van der Waals surface area contributed by atoms with Gasteiger partial charge in [-0.25, -0.2) is 22.2 Å². The van der Waals surface area contributed by atoms with Crippen LogP contribution in [0.1, 0.15) is 0 Å². The van der Waals surface area contributed by atoms with Gasteiger partial charge in [0.1, 0.15) is 17.0 Å². The lowest BCUT2D eigenvalue weighted by molar-refractivity contribution is 0.599. The normalized spacial score (nSPS) is 11.5. The summed E-state index contributed by atoms with van der Waals surface area (Å²) in [4.78, 5) is 3.37. The van der Waals surface area contributed by atoms with Gasteiger partial charge in [-0.3, -0.25) is 0 Å². The van der Waals surface area contributed by atoms with Crippen molar-refractivity contribution in [1.82, 2.24) is 14.8 Å². The van der Waals surface area contributed by atoms with Crippen molar-refractivity contribution in [2.75, 3.05) is 10.5 Å². The first kappa shape index (κ1) is 13.6. The summed E-state index contributed by atoms with van der Waals surface area (Å²) in [5.41, 5.74) is 5.01. The average molecular weight is 306 g/mol. The van der Waals surface area contributed by atoms with Gasteiger partial charge in [0.15, 0.2) is 0 Å². The molecule has 0 amide bonds. The molecule has 0 unspecified atom stereocenters. The standard InChI is InChI=1S/C9H9ClFN5O2S/c1-16-9(13-4-14-16)15-19(17,18)8-3-7(12)6(11)2-5(8)10/h2-4H,12H2,1H3,(H,13,14,15). The lowest BCUT2D eigenvalue weighted by Crippen LogP contribution is -2.17. The van der Waals surface area contributed by atoms with Gasteiger partial charge in [-0.2, -0.15) is 10.1 Å². The van der Waals surface area contributed by atoms with Crippen molar-refractivity contribution >= 4 is 33.3 Å². The average Bonchev–Trinajstić information content (AvgIpc) is 2.69. The second-order valence-corrected chi connectivity index (χ2v) is 5.67. The van der Waals surface area contributed by atoms with Gasteiger partial charge in [-0.1, -0.05) is 11.6 Å². The Kier molecular flexibility index (Phi) is 3.33. The molecule has 2 aromatic rings. The highest BCUT2D eigenvalue weighted by Gasteiger charge is 2.21. The molecule has 1 aromatic heterocycles. The van der Waals surface area contributed by atoms with Crippen LogP contribution in [0.15, 0.2) is 23.4 Å². The van der Waals surface area contributed by atoms with E-state index in [2.05, 4.69) is 14.8 Å². The van der Waals surface area contributed by atoms with E-state index in [4.69, 9.17) is 17.3 Å². The molecule has 2 rings (SSSR count). The van der Waals surface area contributed by atoms with Gasteiger partial charge in [0.2, 0.25) is 5.95 Å². The van der Waals surface area contributed by atoms with E-state index in [0.29, 0.717) is 0 Å². The molecule has 0 spiro atoms. The van der Waals surface area contributed by atoms with E-state index in [1.54, 1.807) is 0 Å². The first-order valence-electron chi connectivity index (χ1n) is 4.92. The summed E-state index contributed by atoms with van der Waals surface area (Å²) in [7, 11) is -2.52. The third-order valence-electron chi connectivity index (χ3n) is 2.28. The molecule has 0 fully saturated rings. The van der Waals surface area contributed by atoms with Crippen LogP contribution in [0, 0.1) is 5.82 Å². The molecule has 0 radical (unpaired) electrons. The number of aromatic nitrogens is 3. The van der Waals surface area contributed by atoms with Crippen LogP contribution in [0.3, 0.4) is 0 Å². The highest BCUT2D eigenvalue weighted by molar-refractivity contribution is 7.92. The summed E-state index contributed by atoms with van der Waals surface area (Å²) in [6, 6.07) is 1.78. The van der Waals surface area contributed by atoms with E-state index in [9.17, 15) is 12.8 Å². The number of hydrogen-bond acceptors (Lipinski definition) is 5. The maximum Gasteiger partial charge on any atom is 0.265 e. The molecule has 7 nitrogen and oxygen atoms in total. The molecule has 0 aliphatic heterocycles. The maximum absolute atomic E-state index is 13.1. The van der Waals surface area contributed by atoms with E-state index >= 15 is 0 Å². The summed E-state index contributed by atoms with van der Waals surface area (Å²) in [5.74, 6) is -0.790. The van der Waals surface area contributed by atoms with E-state index in [1.807, 2.05) is 0 Å². The molecular weight excluding hydrogens is 297 g/mol. The number of hydrogen-bond donors (Lipinski definition) is 2. The number of nitrogen functional groups attached to an aromatic ring is 1. The minimum Gasteiger partial charge on any atom is -0.396 e. The van der Waals surface area contributed by atoms with Crippen LogP contribution in [-0.2, 0) is 17.1 Å². The van der Waals surface area contributed by atoms with Gasteiger partial charge < -0.3 is 5.73 Å². The molecule has 0 bridgehead atoms. The number of benzene rings is 1. The second kappa shape index (κ2) is 4.67. The van der Waals surface area contributed by atoms with Crippen LogP contribution < -0.4 is 10.5 Å². The Labute approximate surface area is 113 Å². The summed E-state index contributed by atoms with van der Waals surface area (Å²) in [5, 5.41) is 3.43. The minimum atomic E-state index is -4.03. The van der Waals surface area contributed by atoms with Crippen LogP contribution in [0.2, 0.25) is 5.02 Å². The highest BCUT2D eigenvalue weighted by atomic mass is 35.5. The number of halogens is 2. The zero-order valence-electron chi connectivity index (χ0n) is 9.63. The molecule has 10 heteroatoms. The highest BCUT2D eigenvalue weighted by Crippen LogP contribution is 2.27. The molecule has 102 valence electrons. The largest absolute Gasteiger partial charge is 0.396 e. The zero-order valence-corrected chi connectivity index (χ0v) is 11.2. The zero-order chi connectivity index (χ0) is 14.2. The van der Waals surface area contributed by atoms with Crippen molar-refractivity contribution in [3.63, 3.8) is 0 Å². The number of aryl methyl sites for hydroxylation is 1. The van der Waals surface area contributed by atoms with Gasteiger partial charge in [0.05, 0.1) is 10.7 Å². The van der Waals surface area contributed by atoms with Gasteiger partial charge in [-0.05, 0) is 12.1 Å². The molecule has 1 aromatic carbocycles. The quantitative estimate of drug-likeness (QED) is 0.823. The third-order valence-corrected chi connectivity index (χ3v) is 4.07. The number of nitrogens with one attached hydrogen (secondary N) is 1. The Hall–Kier alpha value is -1.87. The molecule has 0 atom stereocenters. The first-order chi connectivity index (χ1) is 8.81. The van der Waals surface area contributed by atoms with Crippen LogP contribution in [0.25, 0.3) is 0 Å². The van der Waals surface area contributed by atoms with Gasteiger partial charge >= 0.3 is 0 Å². The molecular formula is C9H9ClFN5O2S. The Morgan fingerprint density at radius 3 is 2.74 bits per heavy atom. The molecule has 0 aliphatic carbocycles. The number of sulfonamides is 1. The van der Waals surface area contributed by atoms with E-state index < -0.39 is 15.8 Å². The first-order valence-corrected chi connectivity index (χ1v) is 6.78. The van der Waals surface area contributed by atoms with Gasteiger partial charge in [0.25, 0.3) is 10.0 Å². The van der Waals surface area contributed by atoms with Crippen molar-refractivity contribution in [2.45, 2.75) is 4.90 Å². The van der Waals surface area contributed by atoms with Crippen LogP contribution in [-0.4, -0.2) is 23.2 Å². The van der Waals surface area contributed by atoms with E-state index in [0.717, 1.165) is 12.1 Å². The predicted molar refractivity (Wildman–Crippen MR) is 67.6 cm³/mol. The van der Waals surface area contributed by atoms with Crippen LogP contribution >= 0.6 is 11.6 Å². The SMILES string of the molecule is Cn1ncnc1NS(=O)(=O)c1cc(N)c(F)cc1Cl. The molecule has 0 aliphatic rings. The van der Waals surface area contributed by atoms with E-state index in [1.165, 1.54) is 18.1 Å². The van der Waals surface area contributed by atoms with Gasteiger partial charge in [-0.15, -0.1) is 0 Å². The fraction of sp³-hybridized carbons (Fsp3) is 0.111. The fourth-order valence-corrected chi connectivity index (χ4v) is 2.90. The Bertz CT molecular complexity index is 730. The summed E-state index contributed by atoms with van der Waals surface area (Å²) >= 11 is 5.71. The molecule has 3 N–H and O–H groups in total. The van der Waals surface area contributed by atoms with Crippen molar-refractivity contribution < 1.29 is 12.8 Å². The lowest BCUT2D eigenvalue weighted by Gasteiger charge is -2.09. The maximum atomic E-state index is 13.1. The summed E-state index contributed by atoms with van der Waals surface area (Å²) < 4.78 is 40.7.